The summed E-state index contributed by atoms with van der Waals surface area (Å²) in [5, 5.41) is 7.68. The summed E-state index contributed by atoms with van der Waals surface area (Å²) in [5.41, 5.74) is 20.9. The van der Waals surface area contributed by atoms with E-state index >= 15 is 0 Å². The summed E-state index contributed by atoms with van der Waals surface area (Å²) in [6.45, 7) is 9.54. The maximum atomic E-state index is 2.55. The van der Waals surface area contributed by atoms with Crippen LogP contribution in [-0.4, -0.2) is 0 Å². The Morgan fingerprint density at radius 3 is 1.40 bits per heavy atom. The molecule has 2 aliphatic rings. The zero-order valence-electron chi connectivity index (χ0n) is 34.5. The quantitative estimate of drug-likeness (QED) is 0.157. The van der Waals surface area contributed by atoms with Crippen molar-refractivity contribution in [3.05, 3.63) is 216 Å². The summed E-state index contributed by atoms with van der Waals surface area (Å²) < 4.78 is 0. The van der Waals surface area contributed by atoms with Crippen molar-refractivity contribution < 1.29 is 0 Å². The lowest BCUT2D eigenvalue weighted by Gasteiger charge is -2.24. The predicted molar refractivity (Wildman–Crippen MR) is 256 cm³/mol. The van der Waals surface area contributed by atoms with E-state index in [4.69, 9.17) is 0 Å². The molecule has 0 atom stereocenters. The van der Waals surface area contributed by atoms with E-state index < -0.39 is 0 Å². The minimum absolute atomic E-state index is 0.0712. The third kappa shape index (κ3) is 4.85. The second-order valence-electron chi connectivity index (χ2n) is 18.0. The molecule has 0 heterocycles. The Morgan fingerprint density at radius 1 is 0.233 bits per heavy atom. The van der Waals surface area contributed by atoms with Crippen molar-refractivity contribution in [3.63, 3.8) is 0 Å². The van der Waals surface area contributed by atoms with Gasteiger partial charge in [-0.3, -0.25) is 0 Å². The molecule has 0 bridgehead atoms. The van der Waals surface area contributed by atoms with Gasteiger partial charge in [-0.15, -0.1) is 0 Å². The van der Waals surface area contributed by atoms with Crippen molar-refractivity contribution in [1.29, 1.82) is 0 Å². The number of benzene rings is 10. The van der Waals surface area contributed by atoms with Crippen LogP contribution in [0.1, 0.15) is 49.9 Å². The fraction of sp³-hybridized carbons (Fsp3) is 0.100. The van der Waals surface area contributed by atoms with Crippen LogP contribution in [0.5, 0.6) is 0 Å². The average Bonchev–Trinajstić information content (AvgIpc) is 3.67. The Kier molecular flexibility index (Phi) is 7.42. The van der Waals surface area contributed by atoms with Gasteiger partial charge in [-0.1, -0.05) is 204 Å². The lowest BCUT2D eigenvalue weighted by atomic mass is 9.78. The second-order valence-corrected chi connectivity index (χ2v) is 18.0. The molecule has 0 amide bonds. The summed E-state index contributed by atoms with van der Waals surface area (Å²) >= 11 is 0. The molecule has 0 N–H and O–H groups in total. The highest BCUT2D eigenvalue weighted by atomic mass is 14.4. The van der Waals surface area contributed by atoms with Gasteiger partial charge in [0.15, 0.2) is 0 Å². The number of hydrogen-bond acceptors (Lipinski definition) is 0. The lowest BCUT2D eigenvalue weighted by Crippen LogP contribution is -2.15. The predicted octanol–water partition coefficient (Wildman–Crippen LogP) is 16.4. The largest absolute Gasteiger partial charge is 0.0622 e. The highest BCUT2D eigenvalue weighted by Crippen LogP contribution is 2.55. The molecule has 0 aliphatic heterocycles. The van der Waals surface area contributed by atoms with Crippen molar-refractivity contribution in [2.24, 2.45) is 0 Å². The van der Waals surface area contributed by atoms with Crippen molar-refractivity contribution in [1.82, 2.24) is 0 Å². The first-order valence-electron chi connectivity index (χ1n) is 21.4. The third-order valence-electron chi connectivity index (χ3n) is 14.1. The van der Waals surface area contributed by atoms with E-state index in [0.29, 0.717) is 0 Å². The van der Waals surface area contributed by atoms with Gasteiger partial charge in [0.2, 0.25) is 0 Å². The topological polar surface area (TPSA) is 0 Å². The van der Waals surface area contributed by atoms with Gasteiger partial charge in [0.1, 0.15) is 0 Å². The molecule has 2 aliphatic carbocycles. The second kappa shape index (κ2) is 12.7. The molecule has 284 valence electrons. The maximum absolute atomic E-state index is 2.55. The molecule has 0 aromatic heterocycles. The number of fused-ring (bicyclic) bond motifs is 10. The Hall–Kier alpha value is -7.02. The summed E-state index contributed by atoms with van der Waals surface area (Å²) in [6, 6.07) is 73.1. The molecule has 0 spiro atoms. The van der Waals surface area contributed by atoms with E-state index in [9.17, 15) is 0 Å². The van der Waals surface area contributed by atoms with E-state index in [0.717, 1.165) is 0 Å². The Morgan fingerprint density at radius 2 is 0.700 bits per heavy atom. The number of rotatable bonds is 4. The Balaban J connectivity index is 1.15. The molecule has 0 fully saturated rings. The van der Waals surface area contributed by atoms with E-state index in [1.165, 1.54) is 121 Å². The van der Waals surface area contributed by atoms with Crippen LogP contribution in [0.4, 0.5) is 0 Å². The SMILES string of the molecule is CC1(C)c2ccccc2-c2ccc(-c3ccccc3-c3ccc4c(-c5ccccc5)c5ccccc5c(-c5cc6c(c7ccccc57)-c5ccccc5C6(C)C)c4c3)cc21. The minimum atomic E-state index is -0.143. The fourth-order valence-corrected chi connectivity index (χ4v) is 11.2. The highest BCUT2D eigenvalue weighted by molar-refractivity contribution is 6.25. The molecule has 0 heteroatoms. The summed E-state index contributed by atoms with van der Waals surface area (Å²) in [6.07, 6.45) is 0. The third-order valence-corrected chi connectivity index (χ3v) is 14.1. The molecule has 0 saturated carbocycles. The molecule has 0 radical (unpaired) electrons. The van der Waals surface area contributed by atoms with Gasteiger partial charge in [0.05, 0.1) is 0 Å². The van der Waals surface area contributed by atoms with Gasteiger partial charge in [-0.2, -0.15) is 0 Å². The standard InChI is InChI=1S/C60H44/c1-59(2)52-28-16-14-23-43(52)44-32-30-39(35-54(44)59)41-21-9-8-20-40(41)38-31-33-48-50(34-38)57(47-26-13-12-25-46(47)56(48)37-18-6-5-7-19-37)51-36-55-58(45-24-11-10-22-42(45)51)49-27-15-17-29-53(49)60(55,3)4/h5-36H,1-4H3. The van der Waals surface area contributed by atoms with Crippen molar-refractivity contribution in [2.45, 2.75) is 38.5 Å². The summed E-state index contributed by atoms with van der Waals surface area (Å²) in [4.78, 5) is 0. The first-order chi connectivity index (χ1) is 29.3. The average molecular weight is 765 g/mol. The summed E-state index contributed by atoms with van der Waals surface area (Å²) in [5.74, 6) is 0. The van der Waals surface area contributed by atoms with Gasteiger partial charge in [0.25, 0.3) is 0 Å². The van der Waals surface area contributed by atoms with Gasteiger partial charge < -0.3 is 0 Å². The van der Waals surface area contributed by atoms with Gasteiger partial charge >= 0.3 is 0 Å². The highest BCUT2D eigenvalue weighted by Gasteiger charge is 2.38. The lowest BCUT2D eigenvalue weighted by molar-refractivity contribution is 0.660. The van der Waals surface area contributed by atoms with Crippen LogP contribution < -0.4 is 0 Å². The summed E-state index contributed by atoms with van der Waals surface area (Å²) in [7, 11) is 0. The molecule has 0 saturated heterocycles. The van der Waals surface area contributed by atoms with Crippen LogP contribution in [0.2, 0.25) is 0 Å². The van der Waals surface area contributed by atoms with Crippen molar-refractivity contribution >= 4 is 32.3 Å². The molecule has 60 heavy (non-hydrogen) atoms. The van der Waals surface area contributed by atoms with Gasteiger partial charge in [0, 0.05) is 10.8 Å². The molecule has 0 unspecified atom stereocenters. The van der Waals surface area contributed by atoms with E-state index in [1.807, 2.05) is 0 Å². The van der Waals surface area contributed by atoms with E-state index in [-0.39, 0.29) is 10.8 Å². The molecule has 10 aromatic carbocycles. The molecular formula is C60H44. The van der Waals surface area contributed by atoms with Crippen molar-refractivity contribution in [2.75, 3.05) is 0 Å². The van der Waals surface area contributed by atoms with Crippen LogP contribution >= 0.6 is 0 Å². The van der Waals surface area contributed by atoms with Crippen LogP contribution in [-0.2, 0) is 10.8 Å². The molecular weight excluding hydrogens is 721 g/mol. The molecule has 0 nitrogen and oxygen atoms in total. The smallest absolute Gasteiger partial charge is 0.0159 e. The van der Waals surface area contributed by atoms with E-state index in [1.54, 1.807) is 0 Å². The van der Waals surface area contributed by atoms with Crippen LogP contribution in [0.25, 0.3) is 99.1 Å². The first kappa shape index (κ1) is 35.0. The fourth-order valence-electron chi connectivity index (χ4n) is 11.2. The van der Waals surface area contributed by atoms with Gasteiger partial charge in [-0.05, 0) is 140 Å². The van der Waals surface area contributed by atoms with E-state index in [2.05, 4.69) is 222 Å². The van der Waals surface area contributed by atoms with Crippen LogP contribution in [0.15, 0.2) is 194 Å². The van der Waals surface area contributed by atoms with Gasteiger partial charge in [-0.25, -0.2) is 0 Å². The monoisotopic (exact) mass is 764 g/mol. The Bertz CT molecular complexity index is 3410. The minimum Gasteiger partial charge on any atom is -0.0622 e. The Labute approximate surface area is 352 Å². The van der Waals surface area contributed by atoms with Crippen molar-refractivity contribution in [3.8, 4) is 66.8 Å². The normalized spacial score (nSPS) is 14.3. The zero-order valence-corrected chi connectivity index (χ0v) is 34.5. The number of hydrogen-bond donors (Lipinski definition) is 0. The molecule has 12 rings (SSSR count). The van der Waals surface area contributed by atoms with Crippen LogP contribution in [0.3, 0.4) is 0 Å². The zero-order chi connectivity index (χ0) is 40.3. The maximum Gasteiger partial charge on any atom is 0.0159 e. The van der Waals surface area contributed by atoms with Crippen LogP contribution in [0, 0.1) is 0 Å². The first-order valence-corrected chi connectivity index (χ1v) is 21.4. The molecule has 10 aromatic rings.